The van der Waals surface area contributed by atoms with Gasteiger partial charge in [-0.25, -0.2) is 4.79 Å². The molecule has 0 spiro atoms. The molecule has 27 heavy (non-hydrogen) atoms. The molecule has 0 aliphatic rings. The monoisotopic (exact) mass is 387 g/mol. The molecule has 2 N–H and O–H groups in total. The van der Waals surface area contributed by atoms with Crippen LogP contribution in [0.3, 0.4) is 0 Å². The van der Waals surface area contributed by atoms with Crippen LogP contribution in [0.4, 0.5) is 0 Å². The predicted octanol–water partition coefficient (Wildman–Crippen LogP) is 3.42. The number of benzene rings is 1. The maximum absolute atomic E-state index is 12.4. The Morgan fingerprint density at radius 3 is 2.70 bits per heavy atom. The first kappa shape index (κ1) is 18.7. The smallest absolute Gasteiger partial charge is 0.339 e. The molecule has 3 aromatic rings. The first-order valence-corrected chi connectivity index (χ1v) is 8.60. The zero-order chi connectivity index (χ0) is 19.6. The van der Waals surface area contributed by atoms with Crippen molar-refractivity contribution in [2.24, 2.45) is 0 Å². The minimum atomic E-state index is -1.06. The predicted molar refractivity (Wildman–Crippen MR) is 99.1 cm³/mol. The topological polar surface area (TPSA) is 97.4 Å². The van der Waals surface area contributed by atoms with E-state index in [2.05, 4.69) is 10.4 Å². The van der Waals surface area contributed by atoms with E-state index < -0.39 is 5.97 Å². The van der Waals surface area contributed by atoms with Crippen LogP contribution >= 0.6 is 11.6 Å². The van der Waals surface area contributed by atoms with Gasteiger partial charge in [0.05, 0.1) is 24.3 Å². The number of carboxylic acid groups (broad SMARTS) is 1. The van der Waals surface area contributed by atoms with Gasteiger partial charge in [-0.3, -0.25) is 9.48 Å². The molecule has 2 aromatic heterocycles. The van der Waals surface area contributed by atoms with E-state index in [9.17, 15) is 9.59 Å². The number of aromatic carboxylic acids is 1. The Bertz CT molecular complexity index is 1010. The molecular weight excluding hydrogens is 370 g/mol. The highest BCUT2D eigenvalue weighted by Crippen LogP contribution is 2.16. The number of nitrogens with one attached hydrogen (secondary N) is 1. The molecule has 0 aliphatic carbocycles. The van der Waals surface area contributed by atoms with Crippen LogP contribution < -0.4 is 5.32 Å². The van der Waals surface area contributed by atoms with Crippen LogP contribution in [-0.4, -0.2) is 26.8 Å². The lowest BCUT2D eigenvalue weighted by atomic mass is 10.2. The third-order valence-corrected chi connectivity index (χ3v) is 4.28. The summed E-state index contributed by atoms with van der Waals surface area (Å²) in [5.41, 5.74) is 2.10. The molecule has 3 rings (SSSR count). The summed E-state index contributed by atoms with van der Waals surface area (Å²) in [5, 5.41) is 16.8. The lowest BCUT2D eigenvalue weighted by molar-refractivity contribution is 0.0694. The normalized spacial score (nSPS) is 10.8. The summed E-state index contributed by atoms with van der Waals surface area (Å²) in [6.45, 7) is 3.90. The van der Waals surface area contributed by atoms with Crippen LogP contribution in [0.1, 0.15) is 43.5 Å². The fraction of sp³-hybridized carbons (Fsp3) is 0.211. The van der Waals surface area contributed by atoms with Gasteiger partial charge in [-0.2, -0.15) is 5.10 Å². The molecule has 0 unspecified atom stereocenters. The lowest BCUT2D eigenvalue weighted by Gasteiger charge is -2.02. The van der Waals surface area contributed by atoms with E-state index in [0.29, 0.717) is 34.3 Å². The number of halogens is 1. The van der Waals surface area contributed by atoms with Crippen molar-refractivity contribution >= 4 is 23.5 Å². The summed E-state index contributed by atoms with van der Waals surface area (Å²) >= 11 is 5.99. The van der Waals surface area contributed by atoms with Crippen LogP contribution in [0.15, 0.2) is 40.9 Å². The number of aromatic nitrogens is 2. The Hall–Kier alpha value is -3.06. The number of rotatable bonds is 6. The van der Waals surface area contributed by atoms with E-state index in [1.165, 1.54) is 6.07 Å². The van der Waals surface area contributed by atoms with Crippen molar-refractivity contribution in [1.82, 2.24) is 15.1 Å². The molecule has 8 heteroatoms. The van der Waals surface area contributed by atoms with Crippen molar-refractivity contribution in [3.8, 4) is 0 Å². The molecule has 0 saturated heterocycles. The summed E-state index contributed by atoms with van der Waals surface area (Å²) < 4.78 is 7.04. The SMILES string of the molecule is Cc1nn(Cc2cccc(Cl)c2)cc1C(=O)NCc1cc(C(=O)O)c(C)o1. The second-order valence-electron chi connectivity index (χ2n) is 6.13. The number of amides is 1. The van der Waals surface area contributed by atoms with Crippen molar-refractivity contribution in [2.45, 2.75) is 26.9 Å². The van der Waals surface area contributed by atoms with Crippen molar-refractivity contribution < 1.29 is 19.1 Å². The van der Waals surface area contributed by atoms with E-state index >= 15 is 0 Å². The number of hydrogen-bond donors (Lipinski definition) is 2. The van der Waals surface area contributed by atoms with Crippen molar-refractivity contribution in [3.63, 3.8) is 0 Å². The Morgan fingerprint density at radius 2 is 2.04 bits per heavy atom. The van der Waals surface area contributed by atoms with Crippen molar-refractivity contribution in [3.05, 3.63) is 75.5 Å². The summed E-state index contributed by atoms with van der Waals surface area (Å²) in [4.78, 5) is 23.5. The number of hydrogen-bond acceptors (Lipinski definition) is 4. The van der Waals surface area contributed by atoms with Crippen LogP contribution in [0.2, 0.25) is 5.02 Å². The quantitative estimate of drug-likeness (QED) is 0.675. The van der Waals surface area contributed by atoms with Gasteiger partial charge in [0.1, 0.15) is 17.1 Å². The highest BCUT2D eigenvalue weighted by molar-refractivity contribution is 6.30. The number of nitrogens with zero attached hydrogens (tertiary/aromatic N) is 2. The Kier molecular flexibility index (Phi) is 5.32. The fourth-order valence-corrected chi connectivity index (χ4v) is 2.96. The molecule has 0 radical (unpaired) electrons. The Morgan fingerprint density at radius 1 is 1.26 bits per heavy atom. The highest BCUT2D eigenvalue weighted by atomic mass is 35.5. The van der Waals surface area contributed by atoms with Crippen molar-refractivity contribution in [1.29, 1.82) is 0 Å². The van der Waals surface area contributed by atoms with Crippen LogP contribution in [-0.2, 0) is 13.1 Å². The molecule has 0 aliphatic heterocycles. The largest absolute Gasteiger partial charge is 0.478 e. The Labute approximate surface area is 160 Å². The molecule has 0 fully saturated rings. The minimum absolute atomic E-state index is 0.0878. The van der Waals surface area contributed by atoms with Gasteiger partial charge in [0.2, 0.25) is 0 Å². The summed E-state index contributed by atoms with van der Waals surface area (Å²) in [6.07, 6.45) is 1.67. The average molecular weight is 388 g/mol. The maximum Gasteiger partial charge on any atom is 0.339 e. The number of furan rings is 1. The molecule has 0 atom stereocenters. The average Bonchev–Trinajstić information content (AvgIpc) is 3.15. The van der Waals surface area contributed by atoms with E-state index in [1.807, 2.05) is 18.2 Å². The van der Waals surface area contributed by atoms with E-state index in [1.54, 1.807) is 30.8 Å². The number of carboxylic acids is 1. The summed E-state index contributed by atoms with van der Waals surface area (Å²) in [7, 11) is 0. The molecule has 0 bridgehead atoms. The molecule has 7 nitrogen and oxygen atoms in total. The number of carbonyl (C=O) groups is 2. The van der Waals surface area contributed by atoms with Gasteiger partial charge < -0.3 is 14.8 Å². The molecule has 1 aromatic carbocycles. The number of carbonyl (C=O) groups excluding carboxylic acids is 1. The number of aryl methyl sites for hydroxylation is 2. The second kappa shape index (κ2) is 7.67. The van der Waals surface area contributed by atoms with Gasteiger partial charge >= 0.3 is 5.97 Å². The maximum atomic E-state index is 12.4. The molecular formula is C19H18ClN3O4. The molecule has 1 amide bonds. The van der Waals surface area contributed by atoms with Gasteiger partial charge in [0.25, 0.3) is 5.91 Å². The Balaban J connectivity index is 1.67. The van der Waals surface area contributed by atoms with Crippen molar-refractivity contribution in [2.75, 3.05) is 0 Å². The van der Waals surface area contributed by atoms with Gasteiger partial charge in [-0.1, -0.05) is 23.7 Å². The van der Waals surface area contributed by atoms with E-state index in [-0.39, 0.29) is 18.0 Å². The molecule has 0 saturated carbocycles. The third kappa shape index (κ3) is 4.38. The standard InChI is InChI=1S/C19H18ClN3O4/c1-11-17(10-23(22-11)9-13-4-3-5-14(20)6-13)18(24)21-8-15-7-16(19(25)26)12(2)27-15/h3-7,10H,8-9H2,1-2H3,(H,21,24)(H,25,26). The first-order valence-electron chi connectivity index (χ1n) is 8.23. The van der Waals surface area contributed by atoms with Crippen LogP contribution in [0.25, 0.3) is 0 Å². The van der Waals surface area contributed by atoms with Crippen LogP contribution in [0, 0.1) is 13.8 Å². The highest BCUT2D eigenvalue weighted by Gasteiger charge is 2.17. The first-order chi connectivity index (χ1) is 12.8. The van der Waals surface area contributed by atoms with Crippen LogP contribution in [0.5, 0.6) is 0 Å². The van der Waals surface area contributed by atoms with Gasteiger partial charge in [-0.05, 0) is 37.6 Å². The second-order valence-corrected chi connectivity index (χ2v) is 6.56. The molecule has 140 valence electrons. The molecule has 2 heterocycles. The lowest BCUT2D eigenvalue weighted by Crippen LogP contribution is -2.22. The summed E-state index contributed by atoms with van der Waals surface area (Å²) in [6, 6.07) is 8.84. The van der Waals surface area contributed by atoms with Gasteiger partial charge in [0.15, 0.2) is 0 Å². The van der Waals surface area contributed by atoms with E-state index in [0.717, 1.165) is 5.56 Å². The third-order valence-electron chi connectivity index (χ3n) is 4.05. The summed E-state index contributed by atoms with van der Waals surface area (Å²) in [5.74, 6) is -0.692. The van der Waals surface area contributed by atoms with Gasteiger partial charge in [-0.15, -0.1) is 0 Å². The van der Waals surface area contributed by atoms with Gasteiger partial charge in [0, 0.05) is 11.2 Å². The zero-order valence-electron chi connectivity index (χ0n) is 14.8. The minimum Gasteiger partial charge on any atom is -0.478 e. The van der Waals surface area contributed by atoms with E-state index in [4.69, 9.17) is 21.1 Å². The fourth-order valence-electron chi connectivity index (χ4n) is 2.75. The zero-order valence-corrected chi connectivity index (χ0v) is 15.6.